The lowest BCUT2D eigenvalue weighted by Gasteiger charge is -2.67. The van der Waals surface area contributed by atoms with Crippen LogP contribution in [0.2, 0.25) is 0 Å². The highest BCUT2D eigenvalue weighted by Gasteiger charge is 2.78. The average Bonchev–Trinajstić information content (AvgIpc) is 3.13. The quantitative estimate of drug-likeness (QED) is 0.700. The first-order valence-corrected chi connectivity index (χ1v) is 11.9. The van der Waals surface area contributed by atoms with Crippen LogP contribution in [0, 0.1) is 39.9 Å². The Morgan fingerprint density at radius 3 is 2.70 bits per heavy atom. The third-order valence-corrected chi connectivity index (χ3v) is 9.71. The van der Waals surface area contributed by atoms with E-state index in [-0.39, 0.29) is 40.5 Å². The zero-order chi connectivity index (χ0) is 21.5. The summed E-state index contributed by atoms with van der Waals surface area (Å²) < 4.78 is 17.6. The Morgan fingerprint density at radius 2 is 1.97 bits per heavy atom. The van der Waals surface area contributed by atoms with Gasteiger partial charge in [-0.25, -0.2) is 0 Å². The second kappa shape index (κ2) is 6.68. The van der Waals surface area contributed by atoms with Gasteiger partial charge >= 0.3 is 11.9 Å². The van der Waals surface area contributed by atoms with Crippen molar-refractivity contribution in [3.8, 4) is 0 Å². The maximum absolute atomic E-state index is 12.7. The van der Waals surface area contributed by atoms with Gasteiger partial charge in [-0.2, -0.15) is 0 Å². The summed E-state index contributed by atoms with van der Waals surface area (Å²) in [4.78, 5) is 25.3. The molecule has 6 heteroatoms. The number of hydrogen-bond acceptors (Lipinski definition) is 6. The molecule has 5 rings (SSSR count). The Bertz CT molecular complexity index is 748. The van der Waals surface area contributed by atoms with Gasteiger partial charge < -0.3 is 19.3 Å². The predicted molar refractivity (Wildman–Crippen MR) is 108 cm³/mol. The van der Waals surface area contributed by atoms with Crippen molar-refractivity contribution in [3.05, 3.63) is 0 Å². The Morgan fingerprint density at radius 1 is 1.20 bits per heavy atom. The molecule has 5 fully saturated rings. The second-order valence-electron chi connectivity index (χ2n) is 11.4. The van der Waals surface area contributed by atoms with Crippen molar-refractivity contribution < 1.29 is 28.9 Å². The SMILES string of the molecule is CCCC(=O)O[C@H]1C[C@@H]2C(C)(C)CCC[C@@]2(C)[C@@H]2CC[C@@H]3C(=O)O[C@@H]4O[C@@H](O)[C@]12[C@@H]43. The van der Waals surface area contributed by atoms with Gasteiger partial charge in [-0.05, 0) is 61.2 Å². The lowest BCUT2D eigenvalue weighted by molar-refractivity contribution is -0.279. The fourth-order valence-corrected chi connectivity index (χ4v) is 8.68. The van der Waals surface area contributed by atoms with E-state index in [4.69, 9.17) is 14.2 Å². The van der Waals surface area contributed by atoms with E-state index in [9.17, 15) is 14.7 Å². The summed E-state index contributed by atoms with van der Waals surface area (Å²) >= 11 is 0. The largest absolute Gasteiger partial charge is 0.462 e. The third-order valence-electron chi connectivity index (χ3n) is 9.71. The maximum atomic E-state index is 12.7. The van der Waals surface area contributed by atoms with Crippen molar-refractivity contribution >= 4 is 11.9 Å². The van der Waals surface area contributed by atoms with E-state index in [0.717, 1.165) is 44.9 Å². The molecule has 9 atom stereocenters. The number of carbonyl (C=O) groups excluding carboxylic acids is 2. The summed E-state index contributed by atoms with van der Waals surface area (Å²) in [5.41, 5.74) is -0.597. The molecule has 3 saturated carbocycles. The molecule has 2 aliphatic heterocycles. The number of esters is 2. The highest BCUT2D eigenvalue weighted by atomic mass is 16.8. The van der Waals surface area contributed by atoms with Crippen LogP contribution in [0.4, 0.5) is 0 Å². The zero-order valence-corrected chi connectivity index (χ0v) is 18.7. The van der Waals surface area contributed by atoms with Crippen LogP contribution >= 0.6 is 0 Å². The lowest BCUT2D eigenvalue weighted by atomic mass is 9.37. The molecule has 1 spiro atoms. The van der Waals surface area contributed by atoms with Crippen LogP contribution in [0.5, 0.6) is 0 Å². The molecule has 0 aromatic carbocycles. The van der Waals surface area contributed by atoms with Crippen molar-refractivity contribution in [3.63, 3.8) is 0 Å². The monoisotopic (exact) mass is 420 g/mol. The highest BCUT2D eigenvalue weighted by molar-refractivity contribution is 5.76. The van der Waals surface area contributed by atoms with Gasteiger partial charge in [0, 0.05) is 12.3 Å². The molecule has 0 bridgehead atoms. The third kappa shape index (κ3) is 2.49. The van der Waals surface area contributed by atoms with Crippen LogP contribution in [-0.2, 0) is 23.8 Å². The minimum Gasteiger partial charge on any atom is -0.462 e. The highest BCUT2D eigenvalue weighted by Crippen LogP contribution is 2.73. The Balaban J connectivity index is 1.64. The average molecular weight is 421 g/mol. The van der Waals surface area contributed by atoms with Crippen LogP contribution in [0.3, 0.4) is 0 Å². The molecule has 30 heavy (non-hydrogen) atoms. The maximum Gasteiger partial charge on any atom is 0.311 e. The number of aliphatic hydroxyl groups is 1. The van der Waals surface area contributed by atoms with Crippen molar-refractivity contribution in [1.82, 2.24) is 0 Å². The molecule has 2 saturated heterocycles. The molecule has 0 amide bonds. The summed E-state index contributed by atoms with van der Waals surface area (Å²) in [5.74, 6) is -0.401. The van der Waals surface area contributed by atoms with E-state index in [2.05, 4.69) is 20.8 Å². The van der Waals surface area contributed by atoms with Gasteiger partial charge in [0.25, 0.3) is 0 Å². The number of aliphatic hydroxyl groups excluding tert-OH is 1. The Kier molecular flexibility index (Phi) is 4.62. The van der Waals surface area contributed by atoms with Crippen molar-refractivity contribution in [2.45, 2.75) is 97.7 Å². The molecule has 2 heterocycles. The first kappa shape index (κ1) is 20.7. The zero-order valence-electron chi connectivity index (χ0n) is 18.7. The van der Waals surface area contributed by atoms with E-state index in [1.165, 1.54) is 0 Å². The van der Waals surface area contributed by atoms with E-state index >= 15 is 0 Å². The van der Waals surface area contributed by atoms with Crippen LogP contribution in [0.1, 0.15) is 79.1 Å². The van der Waals surface area contributed by atoms with Gasteiger partial charge in [-0.3, -0.25) is 9.59 Å². The molecule has 0 aromatic heterocycles. The van der Waals surface area contributed by atoms with Crippen molar-refractivity contribution in [2.75, 3.05) is 0 Å². The number of rotatable bonds is 3. The normalized spacial score (nSPS) is 50.8. The van der Waals surface area contributed by atoms with E-state index in [1.54, 1.807) is 0 Å². The van der Waals surface area contributed by atoms with Gasteiger partial charge in [0.05, 0.1) is 11.3 Å². The first-order valence-electron chi connectivity index (χ1n) is 11.9. The molecular weight excluding hydrogens is 384 g/mol. The lowest BCUT2D eigenvalue weighted by Crippen LogP contribution is -2.68. The summed E-state index contributed by atoms with van der Waals surface area (Å²) in [6.07, 6.45) is 4.62. The topological polar surface area (TPSA) is 82.1 Å². The molecule has 0 radical (unpaired) electrons. The molecule has 0 aromatic rings. The van der Waals surface area contributed by atoms with Gasteiger partial charge in [-0.1, -0.05) is 34.1 Å². The minimum absolute atomic E-state index is 0.0191. The fraction of sp³-hybridized carbons (Fsp3) is 0.917. The van der Waals surface area contributed by atoms with Crippen LogP contribution < -0.4 is 0 Å². The van der Waals surface area contributed by atoms with E-state index in [1.807, 2.05) is 6.92 Å². The van der Waals surface area contributed by atoms with Crippen LogP contribution in [0.25, 0.3) is 0 Å². The second-order valence-corrected chi connectivity index (χ2v) is 11.4. The number of ether oxygens (including phenoxy) is 3. The minimum atomic E-state index is -1.07. The number of carbonyl (C=O) groups is 2. The van der Waals surface area contributed by atoms with Crippen molar-refractivity contribution in [2.24, 2.45) is 39.9 Å². The van der Waals surface area contributed by atoms with Gasteiger partial charge in [0.2, 0.25) is 6.29 Å². The van der Waals surface area contributed by atoms with Crippen LogP contribution in [0.15, 0.2) is 0 Å². The van der Waals surface area contributed by atoms with E-state index in [0.29, 0.717) is 12.3 Å². The number of hydrogen-bond donors (Lipinski definition) is 1. The molecule has 1 N–H and O–H groups in total. The van der Waals surface area contributed by atoms with Crippen LogP contribution in [-0.4, -0.2) is 35.7 Å². The Hall–Kier alpha value is -1.14. The number of fused-ring (bicyclic) bond motifs is 2. The fourth-order valence-electron chi connectivity index (χ4n) is 8.68. The smallest absolute Gasteiger partial charge is 0.311 e. The van der Waals surface area contributed by atoms with Gasteiger partial charge in [-0.15, -0.1) is 0 Å². The molecule has 168 valence electrons. The molecule has 0 unspecified atom stereocenters. The summed E-state index contributed by atoms with van der Waals surface area (Å²) in [5, 5.41) is 11.4. The molecule has 3 aliphatic carbocycles. The summed E-state index contributed by atoms with van der Waals surface area (Å²) in [6.45, 7) is 9.04. The van der Waals surface area contributed by atoms with Gasteiger partial charge in [0.1, 0.15) is 6.10 Å². The molecule has 6 nitrogen and oxygen atoms in total. The van der Waals surface area contributed by atoms with Gasteiger partial charge in [0.15, 0.2) is 6.29 Å². The van der Waals surface area contributed by atoms with E-state index < -0.39 is 24.1 Å². The predicted octanol–water partition coefficient (Wildman–Crippen LogP) is 3.79. The van der Waals surface area contributed by atoms with Crippen molar-refractivity contribution in [1.29, 1.82) is 0 Å². The summed E-state index contributed by atoms with van der Waals surface area (Å²) in [6, 6.07) is 0. The molecular formula is C24H36O6. The standard InChI is InChI=1S/C24H36O6/c1-5-7-17(25)28-16-12-15-22(2,3)10-6-11-23(15,4)14-9-8-13-18-20(29-19(13)26)30-21(27)24(14,16)18/h13-16,18,20-21,27H,5-12H2,1-4H3/t13-,14-,15+,16-,18+,20+,21+,23-,24-/m0/s1. The molecule has 5 aliphatic rings. The summed E-state index contributed by atoms with van der Waals surface area (Å²) in [7, 11) is 0. The Labute approximate surface area is 179 Å². The first-order chi connectivity index (χ1) is 14.2.